The van der Waals surface area contributed by atoms with Crippen LogP contribution >= 0.6 is 0 Å². The minimum absolute atomic E-state index is 0.243. The van der Waals surface area contributed by atoms with Gasteiger partial charge >= 0.3 is 0 Å². The van der Waals surface area contributed by atoms with E-state index in [1.807, 2.05) is 19.1 Å². The number of hydrogen-bond donors (Lipinski definition) is 2. The van der Waals surface area contributed by atoms with Gasteiger partial charge in [0.05, 0.1) is 19.5 Å². The Morgan fingerprint density at radius 3 is 2.42 bits per heavy atom. The first-order valence-electron chi connectivity index (χ1n) is 8.17. The average molecular weight is 348 g/mol. The Morgan fingerprint density at radius 1 is 1.00 bits per heavy atom. The lowest BCUT2D eigenvalue weighted by Crippen LogP contribution is -2.14. The van der Waals surface area contributed by atoms with Gasteiger partial charge < -0.3 is 15.4 Å². The zero-order valence-corrected chi connectivity index (χ0v) is 14.9. The molecule has 0 saturated heterocycles. The molecule has 6 heteroatoms. The summed E-state index contributed by atoms with van der Waals surface area (Å²) in [6.45, 7) is 4.10. The molecule has 0 aliphatic rings. The lowest BCUT2D eigenvalue weighted by atomic mass is 10.1. The molecule has 1 heterocycles. The van der Waals surface area contributed by atoms with Gasteiger partial charge in [-0.15, -0.1) is 0 Å². The van der Waals surface area contributed by atoms with E-state index in [9.17, 15) is 4.79 Å². The third-order valence-corrected chi connectivity index (χ3v) is 4.10. The number of amides is 1. The van der Waals surface area contributed by atoms with Crippen molar-refractivity contribution >= 4 is 23.1 Å². The van der Waals surface area contributed by atoms with E-state index in [4.69, 9.17) is 4.74 Å². The van der Waals surface area contributed by atoms with Crippen molar-refractivity contribution in [2.24, 2.45) is 0 Å². The maximum Gasteiger partial charge on any atom is 0.275 e. The normalized spacial score (nSPS) is 10.3. The molecule has 2 N–H and O–H groups in total. The predicted octanol–water partition coefficient (Wildman–Crippen LogP) is 4.10. The molecule has 1 aromatic heterocycles. The number of carbonyl (C=O) groups excluding carboxylic acids is 1. The summed E-state index contributed by atoms with van der Waals surface area (Å²) in [7, 11) is 1.59. The van der Waals surface area contributed by atoms with Crippen molar-refractivity contribution in [3.8, 4) is 5.75 Å². The predicted molar refractivity (Wildman–Crippen MR) is 102 cm³/mol. The highest BCUT2D eigenvalue weighted by Gasteiger charge is 2.09. The summed E-state index contributed by atoms with van der Waals surface area (Å²) in [6.07, 6.45) is 3.00. The fourth-order valence-corrected chi connectivity index (χ4v) is 2.40. The zero-order chi connectivity index (χ0) is 18.5. The largest absolute Gasteiger partial charge is 0.497 e. The van der Waals surface area contributed by atoms with E-state index >= 15 is 0 Å². The van der Waals surface area contributed by atoms with Gasteiger partial charge in [0.2, 0.25) is 0 Å². The highest BCUT2D eigenvalue weighted by atomic mass is 16.5. The summed E-state index contributed by atoms with van der Waals surface area (Å²) >= 11 is 0. The van der Waals surface area contributed by atoms with Crippen molar-refractivity contribution in [1.82, 2.24) is 9.97 Å². The van der Waals surface area contributed by atoms with Crippen LogP contribution in [0.5, 0.6) is 5.75 Å². The number of aromatic nitrogens is 2. The summed E-state index contributed by atoms with van der Waals surface area (Å²) in [6, 6.07) is 13.1. The smallest absolute Gasteiger partial charge is 0.275 e. The molecule has 0 aliphatic carbocycles. The summed E-state index contributed by atoms with van der Waals surface area (Å²) in [5, 5.41) is 6.00. The van der Waals surface area contributed by atoms with Crippen LogP contribution in [-0.2, 0) is 0 Å². The molecule has 132 valence electrons. The fraction of sp³-hybridized carbons (Fsp3) is 0.150. The molecule has 1 amide bonds. The molecule has 0 unspecified atom stereocenters. The number of hydrogen-bond acceptors (Lipinski definition) is 5. The highest BCUT2D eigenvalue weighted by molar-refractivity contribution is 6.02. The van der Waals surface area contributed by atoms with E-state index in [1.165, 1.54) is 11.8 Å². The maximum absolute atomic E-state index is 12.3. The van der Waals surface area contributed by atoms with Crippen molar-refractivity contribution < 1.29 is 9.53 Å². The van der Waals surface area contributed by atoms with Crippen molar-refractivity contribution in [3.63, 3.8) is 0 Å². The molecule has 6 nitrogen and oxygen atoms in total. The minimum atomic E-state index is -0.319. The number of anilines is 3. The van der Waals surface area contributed by atoms with Crippen molar-refractivity contribution in [2.75, 3.05) is 17.7 Å². The van der Waals surface area contributed by atoms with E-state index in [0.29, 0.717) is 11.5 Å². The Balaban J connectivity index is 1.68. The van der Waals surface area contributed by atoms with Crippen molar-refractivity contribution in [1.29, 1.82) is 0 Å². The van der Waals surface area contributed by atoms with Crippen LogP contribution in [0.25, 0.3) is 0 Å². The second kappa shape index (κ2) is 7.65. The first kappa shape index (κ1) is 17.4. The Labute approximate surface area is 152 Å². The molecule has 0 saturated carbocycles. The Hall–Kier alpha value is -3.41. The molecular weight excluding hydrogens is 328 g/mol. The molecule has 0 fully saturated rings. The number of rotatable bonds is 5. The number of nitrogens with one attached hydrogen (secondary N) is 2. The molecule has 0 radical (unpaired) electrons. The quantitative estimate of drug-likeness (QED) is 0.726. The van der Waals surface area contributed by atoms with E-state index in [2.05, 4.69) is 33.6 Å². The average Bonchev–Trinajstić information content (AvgIpc) is 2.66. The number of ether oxygens (including phenoxy) is 1. The maximum atomic E-state index is 12.3. The van der Waals surface area contributed by atoms with Gasteiger partial charge in [-0.1, -0.05) is 12.1 Å². The molecule has 0 bridgehead atoms. The zero-order valence-electron chi connectivity index (χ0n) is 14.9. The number of carbonyl (C=O) groups is 1. The molecule has 3 aromatic rings. The minimum Gasteiger partial charge on any atom is -0.497 e. The fourth-order valence-electron chi connectivity index (χ4n) is 2.40. The lowest BCUT2D eigenvalue weighted by Gasteiger charge is -2.11. The molecule has 0 spiro atoms. The molecule has 0 atom stereocenters. The lowest BCUT2D eigenvalue weighted by molar-refractivity contribution is 0.102. The number of aryl methyl sites for hydroxylation is 1. The van der Waals surface area contributed by atoms with Gasteiger partial charge in [-0.2, -0.15) is 0 Å². The molecular formula is C20H20N4O2. The SMILES string of the molecule is COc1ccc(NC(=O)c2cnc(Nc3cccc(C)c3C)cn2)cc1. The van der Waals surface area contributed by atoms with Crippen LogP contribution in [0.1, 0.15) is 21.6 Å². The highest BCUT2D eigenvalue weighted by Crippen LogP contribution is 2.21. The number of methoxy groups -OCH3 is 1. The van der Waals surface area contributed by atoms with Gasteiger partial charge in [-0.3, -0.25) is 4.79 Å². The standard InChI is InChI=1S/C20H20N4O2/c1-13-5-4-6-17(14(13)2)24-19-12-21-18(11-22-19)20(25)23-15-7-9-16(26-3)10-8-15/h4-12H,1-3H3,(H,22,24)(H,23,25). The van der Waals surface area contributed by atoms with Crippen LogP contribution in [0, 0.1) is 13.8 Å². The second-order valence-electron chi connectivity index (χ2n) is 5.84. The van der Waals surface area contributed by atoms with Gasteiger partial charge in [-0.05, 0) is 55.3 Å². The van der Waals surface area contributed by atoms with Crippen LogP contribution in [0.2, 0.25) is 0 Å². The van der Waals surface area contributed by atoms with E-state index in [0.717, 1.165) is 17.0 Å². The van der Waals surface area contributed by atoms with E-state index in [1.54, 1.807) is 37.6 Å². The van der Waals surface area contributed by atoms with E-state index in [-0.39, 0.29) is 11.6 Å². The Morgan fingerprint density at radius 2 is 1.77 bits per heavy atom. The van der Waals surface area contributed by atoms with Crippen LogP contribution in [0.4, 0.5) is 17.2 Å². The molecule has 26 heavy (non-hydrogen) atoms. The molecule has 3 rings (SSSR count). The summed E-state index contributed by atoms with van der Waals surface area (Å²) in [5.74, 6) is 0.991. The Bertz CT molecular complexity index is 906. The second-order valence-corrected chi connectivity index (χ2v) is 5.84. The number of benzene rings is 2. The monoisotopic (exact) mass is 348 g/mol. The van der Waals surface area contributed by atoms with E-state index < -0.39 is 0 Å². The first-order chi connectivity index (χ1) is 12.6. The third-order valence-electron chi connectivity index (χ3n) is 4.10. The topological polar surface area (TPSA) is 76.1 Å². The van der Waals surface area contributed by atoms with Crippen LogP contribution in [0.15, 0.2) is 54.9 Å². The van der Waals surface area contributed by atoms with Crippen LogP contribution < -0.4 is 15.4 Å². The van der Waals surface area contributed by atoms with Gasteiger partial charge in [0, 0.05) is 11.4 Å². The summed E-state index contributed by atoms with van der Waals surface area (Å²) in [5.41, 5.74) is 4.21. The third kappa shape index (κ3) is 3.97. The molecule has 2 aromatic carbocycles. The van der Waals surface area contributed by atoms with Crippen molar-refractivity contribution in [2.45, 2.75) is 13.8 Å². The van der Waals surface area contributed by atoms with Gasteiger partial charge in [0.25, 0.3) is 5.91 Å². The van der Waals surface area contributed by atoms with Crippen LogP contribution in [-0.4, -0.2) is 23.0 Å². The number of nitrogens with zero attached hydrogens (tertiary/aromatic N) is 2. The first-order valence-corrected chi connectivity index (χ1v) is 8.17. The van der Waals surface area contributed by atoms with Gasteiger partial charge in [0.15, 0.2) is 0 Å². The Kier molecular flexibility index (Phi) is 5.12. The van der Waals surface area contributed by atoms with Crippen molar-refractivity contribution in [3.05, 3.63) is 71.7 Å². The molecule has 0 aliphatic heterocycles. The summed E-state index contributed by atoms with van der Waals surface area (Å²) in [4.78, 5) is 20.7. The van der Waals surface area contributed by atoms with Gasteiger partial charge in [0.1, 0.15) is 17.3 Å². The van der Waals surface area contributed by atoms with Crippen LogP contribution in [0.3, 0.4) is 0 Å². The van der Waals surface area contributed by atoms with Gasteiger partial charge in [-0.25, -0.2) is 9.97 Å². The summed E-state index contributed by atoms with van der Waals surface area (Å²) < 4.78 is 5.09.